The Morgan fingerprint density at radius 2 is 0.517 bits per heavy atom. The predicted octanol–water partition coefficient (Wildman–Crippen LogP) is 9.68. The van der Waals surface area contributed by atoms with Gasteiger partial charge < -0.3 is 4.48 Å². The molecule has 0 N–H and O–H groups in total. The molecule has 1 heteroatoms. The van der Waals surface area contributed by atoms with Gasteiger partial charge in [-0.25, -0.2) is 0 Å². The Bertz CT molecular complexity index is 297. The Balaban J connectivity index is 3.30. The number of nitrogens with zero attached hydrogens (tertiary/aromatic N) is 1. The molecular formula is C28H60N+. The van der Waals surface area contributed by atoms with E-state index in [0.717, 1.165) is 0 Å². The van der Waals surface area contributed by atoms with E-state index in [1.165, 1.54) is 159 Å². The van der Waals surface area contributed by atoms with Crippen molar-refractivity contribution in [3.05, 3.63) is 0 Å². The number of quaternary nitrogens is 1. The summed E-state index contributed by atoms with van der Waals surface area (Å²) in [7, 11) is 4.90. The SMILES string of the molecule is CCCCCCCCCCCCCC[N+](C)(C)CCCCCCCCCCCC. The van der Waals surface area contributed by atoms with Gasteiger partial charge in [0.05, 0.1) is 27.2 Å². The molecule has 0 bridgehead atoms. The van der Waals surface area contributed by atoms with Crippen molar-refractivity contribution in [3.8, 4) is 0 Å². The van der Waals surface area contributed by atoms with Crippen molar-refractivity contribution < 1.29 is 4.48 Å². The van der Waals surface area contributed by atoms with Gasteiger partial charge in [-0.3, -0.25) is 0 Å². The van der Waals surface area contributed by atoms with Crippen LogP contribution in [0.1, 0.15) is 155 Å². The van der Waals surface area contributed by atoms with E-state index < -0.39 is 0 Å². The Kier molecular flexibility index (Phi) is 22.6. The standard InChI is InChI=1S/C28H60N/c1-5-7-9-11-13-15-17-18-20-22-24-26-28-29(3,4)27-25-23-21-19-16-14-12-10-8-6-2/h5-28H2,1-4H3/q+1. The fourth-order valence-corrected chi connectivity index (χ4v) is 4.52. The van der Waals surface area contributed by atoms with Gasteiger partial charge in [0.1, 0.15) is 0 Å². The molecular weight excluding hydrogens is 350 g/mol. The van der Waals surface area contributed by atoms with E-state index in [-0.39, 0.29) is 0 Å². The Morgan fingerprint density at radius 1 is 0.310 bits per heavy atom. The van der Waals surface area contributed by atoms with Crippen molar-refractivity contribution in [1.29, 1.82) is 0 Å². The summed E-state index contributed by atoms with van der Waals surface area (Å²) >= 11 is 0. The maximum atomic E-state index is 2.45. The van der Waals surface area contributed by atoms with Crippen molar-refractivity contribution in [2.24, 2.45) is 0 Å². The molecule has 176 valence electrons. The molecule has 0 radical (unpaired) electrons. The van der Waals surface area contributed by atoms with Gasteiger partial charge in [-0.2, -0.15) is 0 Å². The van der Waals surface area contributed by atoms with Gasteiger partial charge in [-0.05, 0) is 25.7 Å². The monoisotopic (exact) mass is 410 g/mol. The van der Waals surface area contributed by atoms with E-state index >= 15 is 0 Å². The first-order valence-electron chi connectivity index (χ1n) is 13.9. The van der Waals surface area contributed by atoms with Crippen molar-refractivity contribution >= 4 is 0 Å². The molecule has 0 saturated carbocycles. The van der Waals surface area contributed by atoms with Crippen LogP contribution >= 0.6 is 0 Å². The summed E-state index contributed by atoms with van der Waals surface area (Å²) in [5.41, 5.74) is 0. The first-order valence-corrected chi connectivity index (χ1v) is 13.9. The highest BCUT2D eigenvalue weighted by Crippen LogP contribution is 2.14. The number of hydrogen-bond donors (Lipinski definition) is 0. The lowest BCUT2D eigenvalue weighted by atomic mass is 10.0. The second kappa shape index (κ2) is 22.6. The van der Waals surface area contributed by atoms with Crippen LogP contribution in [0.15, 0.2) is 0 Å². The van der Waals surface area contributed by atoms with Crippen LogP contribution in [-0.2, 0) is 0 Å². The second-order valence-corrected chi connectivity index (χ2v) is 10.5. The molecule has 0 aliphatic heterocycles. The molecule has 0 amide bonds. The fraction of sp³-hybridized carbons (Fsp3) is 1.00. The van der Waals surface area contributed by atoms with E-state index in [9.17, 15) is 0 Å². The van der Waals surface area contributed by atoms with Crippen LogP contribution in [0.5, 0.6) is 0 Å². The first kappa shape index (κ1) is 29.0. The summed E-state index contributed by atoms with van der Waals surface area (Å²) in [4.78, 5) is 0. The molecule has 1 nitrogen and oxygen atoms in total. The zero-order valence-corrected chi connectivity index (χ0v) is 21.4. The molecule has 0 rings (SSSR count). The lowest BCUT2D eigenvalue weighted by Crippen LogP contribution is -2.41. The molecule has 0 atom stereocenters. The average molecular weight is 411 g/mol. The smallest absolute Gasteiger partial charge is 0.0782 e. The Labute approximate surface area is 187 Å². The van der Waals surface area contributed by atoms with Gasteiger partial charge in [-0.15, -0.1) is 0 Å². The highest BCUT2D eigenvalue weighted by atomic mass is 15.3. The third-order valence-electron chi connectivity index (χ3n) is 6.73. The van der Waals surface area contributed by atoms with Crippen LogP contribution in [0, 0.1) is 0 Å². The lowest BCUT2D eigenvalue weighted by molar-refractivity contribution is -0.890. The minimum atomic E-state index is 1.24. The van der Waals surface area contributed by atoms with Gasteiger partial charge in [0.25, 0.3) is 0 Å². The van der Waals surface area contributed by atoms with Crippen LogP contribution in [0.25, 0.3) is 0 Å². The van der Waals surface area contributed by atoms with Gasteiger partial charge in [0.2, 0.25) is 0 Å². The van der Waals surface area contributed by atoms with Gasteiger partial charge in [-0.1, -0.05) is 129 Å². The van der Waals surface area contributed by atoms with Crippen molar-refractivity contribution in [3.63, 3.8) is 0 Å². The third-order valence-corrected chi connectivity index (χ3v) is 6.73. The molecule has 0 aromatic heterocycles. The summed E-state index contributed by atoms with van der Waals surface area (Å²) in [5.74, 6) is 0. The second-order valence-electron chi connectivity index (χ2n) is 10.5. The molecule has 0 fully saturated rings. The van der Waals surface area contributed by atoms with Crippen LogP contribution in [-0.4, -0.2) is 31.7 Å². The van der Waals surface area contributed by atoms with E-state index in [2.05, 4.69) is 27.9 Å². The van der Waals surface area contributed by atoms with Crippen LogP contribution < -0.4 is 0 Å². The molecule has 0 heterocycles. The molecule has 0 aliphatic carbocycles. The highest BCUT2D eigenvalue weighted by Gasteiger charge is 2.13. The summed E-state index contributed by atoms with van der Waals surface area (Å²) < 4.78 is 1.24. The maximum absolute atomic E-state index is 2.45. The Morgan fingerprint density at radius 3 is 0.759 bits per heavy atom. The fourth-order valence-electron chi connectivity index (χ4n) is 4.52. The van der Waals surface area contributed by atoms with E-state index in [1.807, 2.05) is 0 Å². The largest absolute Gasteiger partial charge is 0.328 e. The summed E-state index contributed by atoms with van der Waals surface area (Å²) in [6, 6.07) is 0. The van der Waals surface area contributed by atoms with Gasteiger partial charge >= 0.3 is 0 Å². The normalized spacial score (nSPS) is 12.0. The maximum Gasteiger partial charge on any atom is 0.0782 e. The van der Waals surface area contributed by atoms with E-state index in [0.29, 0.717) is 0 Å². The molecule has 0 aliphatic rings. The molecule has 0 spiro atoms. The summed E-state index contributed by atoms with van der Waals surface area (Å²) in [6.07, 6.45) is 32.0. The molecule has 0 unspecified atom stereocenters. The highest BCUT2D eigenvalue weighted by molar-refractivity contribution is 4.50. The summed E-state index contributed by atoms with van der Waals surface area (Å²) in [6.45, 7) is 7.37. The number of unbranched alkanes of at least 4 members (excludes halogenated alkanes) is 20. The quantitative estimate of drug-likeness (QED) is 0.110. The van der Waals surface area contributed by atoms with Gasteiger partial charge in [0.15, 0.2) is 0 Å². The predicted molar refractivity (Wildman–Crippen MR) is 135 cm³/mol. The first-order chi connectivity index (χ1) is 14.1. The molecule has 29 heavy (non-hydrogen) atoms. The zero-order valence-electron chi connectivity index (χ0n) is 21.4. The third kappa shape index (κ3) is 24.1. The average Bonchev–Trinajstić information content (AvgIpc) is 2.70. The summed E-state index contributed by atoms with van der Waals surface area (Å²) in [5, 5.41) is 0. The Hall–Kier alpha value is -0.0400. The lowest BCUT2D eigenvalue weighted by Gasteiger charge is -2.30. The number of rotatable bonds is 24. The van der Waals surface area contributed by atoms with Crippen molar-refractivity contribution in [1.82, 2.24) is 0 Å². The van der Waals surface area contributed by atoms with Crippen LogP contribution in [0.4, 0.5) is 0 Å². The minimum Gasteiger partial charge on any atom is -0.328 e. The number of hydrogen-bond acceptors (Lipinski definition) is 0. The molecule has 0 saturated heterocycles. The topological polar surface area (TPSA) is 0 Å². The molecule has 0 aromatic rings. The van der Waals surface area contributed by atoms with Gasteiger partial charge in [0, 0.05) is 0 Å². The zero-order chi connectivity index (χ0) is 21.5. The van der Waals surface area contributed by atoms with Crippen molar-refractivity contribution in [2.45, 2.75) is 155 Å². The van der Waals surface area contributed by atoms with Crippen molar-refractivity contribution in [2.75, 3.05) is 27.2 Å². The van der Waals surface area contributed by atoms with Crippen LogP contribution in [0.3, 0.4) is 0 Å². The molecule has 0 aromatic carbocycles. The minimum absolute atomic E-state index is 1.24. The van der Waals surface area contributed by atoms with E-state index in [1.54, 1.807) is 0 Å². The van der Waals surface area contributed by atoms with Crippen LogP contribution in [0.2, 0.25) is 0 Å². The van der Waals surface area contributed by atoms with E-state index in [4.69, 9.17) is 0 Å².